The molecule has 0 saturated carbocycles. The molecule has 50 heavy (non-hydrogen) atoms. The Hall–Kier alpha value is -4.77. The van der Waals surface area contributed by atoms with Crippen molar-refractivity contribution in [1.82, 2.24) is 29.0 Å². The van der Waals surface area contributed by atoms with Crippen LogP contribution in [0.25, 0.3) is 38.8 Å². The Morgan fingerprint density at radius 3 is 2.38 bits per heavy atom. The summed E-state index contributed by atoms with van der Waals surface area (Å²) in [5.74, 6) is -1.04. The lowest BCUT2D eigenvalue weighted by Gasteiger charge is -2.49. The van der Waals surface area contributed by atoms with Crippen molar-refractivity contribution in [2.45, 2.75) is 78.3 Å². The number of imidazole rings is 1. The molecular formula is C38H41ClFN7O3. The second kappa shape index (κ2) is 12.2. The fourth-order valence-corrected chi connectivity index (χ4v) is 8.32. The third kappa shape index (κ3) is 4.92. The van der Waals surface area contributed by atoms with Crippen LogP contribution in [0.5, 0.6) is 0 Å². The van der Waals surface area contributed by atoms with Crippen LogP contribution in [0.15, 0.2) is 46.8 Å². The van der Waals surface area contributed by atoms with E-state index in [1.54, 1.807) is 19.2 Å². The first-order valence-electron chi connectivity index (χ1n) is 17.1. The number of aryl methyl sites for hydroxylation is 2. The largest absolute Gasteiger partial charge is 0.364 e. The van der Waals surface area contributed by atoms with E-state index in [4.69, 9.17) is 11.6 Å². The summed E-state index contributed by atoms with van der Waals surface area (Å²) in [6, 6.07) is 5.10. The van der Waals surface area contributed by atoms with E-state index in [-0.39, 0.29) is 57.2 Å². The van der Waals surface area contributed by atoms with E-state index in [0.29, 0.717) is 81.8 Å². The molecule has 1 saturated heterocycles. The van der Waals surface area contributed by atoms with Crippen LogP contribution in [0.1, 0.15) is 75.4 Å². The molecule has 10 nitrogen and oxygen atoms in total. The minimum atomic E-state index is -0.680. The molecule has 0 aliphatic carbocycles. The number of rotatable bonds is 5. The maximum atomic E-state index is 18.1. The number of pyridine rings is 1. The van der Waals surface area contributed by atoms with Crippen LogP contribution in [0.4, 0.5) is 10.1 Å². The highest BCUT2D eigenvalue weighted by Crippen LogP contribution is 2.46. The summed E-state index contributed by atoms with van der Waals surface area (Å²) >= 11 is 7.17. The van der Waals surface area contributed by atoms with Crippen LogP contribution >= 0.6 is 11.6 Å². The number of carbonyl (C=O) groups excluding carboxylic acids is 1. The number of halogens is 2. The monoisotopic (exact) mass is 697 g/mol. The lowest BCUT2D eigenvalue weighted by Crippen LogP contribution is -2.60. The molecule has 1 amide bonds. The highest BCUT2D eigenvalue weighted by Gasteiger charge is 2.40. The summed E-state index contributed by atoms with van der Waals surface area (Å²) in [4.78, 5) is 56.8. The van der Waals surface area contributed by atoms with Gasteiger partial charge in [0.2, 0.25) is 5.91 Å². The summed E-state index contributed by atoms with van der Waals surface area (Å²) in [6.07, 6.45) is 3.90. The topological polar surface area (TPSA) is 109 Å². The van der Waals surface area contributed by atoms with E-state index < -0.39 is 5.82 Å². The number of hydrogen-bond donors (Lipinski definition) is 1. The van der Waals surface area contributed by atoms with Crippen molar-refractivity contribution in [3.8, 4) is 16.8 Å². The lowest BCUT2D eigenvalue weighted by molar-refractivity contribution is -0.129. The van der Waals surface area contributed by atoms with Gasteiger partial charge in [-0.1, -0.05) is 51.9 Å². The van der Waals surface area contributed by atoms with Crippen molar-refractivity contribution in [3.63, 3.8) is 0 Å². The number of hydrogen-bond acceptors (Lipinski definition) is 6. The average molecular weight is 698 g/mol. The van der Waals surface area contributed by atoms with Gasteiger partial charge in [-0.3, -0.25) is 18.7 Å². The van der Waals surface area contributed by atoms with Gasteiger partial charge in [-0.25, -0.2) is 19.2 Å². The van der Waals surface area contributed by atoms with E-state index >= 15 is 9.18 Å². The summed E-state index contributed by atoms with van der Waals surface area (Å²) < 4.78 is 21.0. The average Bonchev–Trinajstić information content (AvgIpc) is 3.37. The van der Waals surface area contributed by atoms with Crippen molar-refractivity contribution < 1.29 is 9.18 Å². The number of aromatic amines is 1. The number of anilines is 1. The number of nitrogens with zero attached hydrogens (tertiary/aromatic N) is 6. The zero-order valence-electron chi connectivity index (χ0n) is 29.4. The zero-order valence-corrected chi connectivity index (χ0v) is 30.2. The van der Waals surface area contributed by atoms with Gasteiger partial charge in [0.05, 0.1) is 44.3 Å². The van der Waals surface area contributed by atoms with Gasteiger partial charge in [-0.05, 0) is 62.3 Å². The van der Waals surface area contributed by atoms with E-state index in [2.05, 4.69) is 26.4 Å². The molecule has 0 spiro atoms. The number of amides is 1. The van der Waals surface area contributed by atoms with Gasteiger partial charge in [0.15, 0.2) is 5.82 Å². The molecule has 7 rings (SSSR count). The Balaban J connectivity index is 1.65. The maximum Gasteiger partial charge on any atom is 0.326 e. The van der Waals surface area contributed by atoms with Crippen LogP contribution < -0.4 is 16.1 Å². The molecule has 1 N–H and O–H groups in total. The Morgan fingerprint density at radius 2 is 1.74 bits per heavy atom. The molecule has 2 aliphatic rings. The van der Waals surface area contributed by atoms with Gasteiger partial charge in [-0.2, -0.15) is 0 Å². The number of aromatic nitrogens is 5. The van der Waals surface area contributed by atoms with E-state index in [0.717, 1.165) is 0 Å². The number of nitrogens with one attached hydrogen (secondary N) is 1. The number of carbonyl (C=O) groups is 1. The third-order valence-corrected chi connectivity index (χ3v) is 10.7. The minimum absolute atomic E-state index is 0.0709. The van der Waals surface area contributed by atoms with E-state index in [1.165, 1.54) is 21.5 Å². The fraction of sp³-hybridized carbons (Fsp3) is 0.395. The van der Waals surface area contributed by atoms with Crippen molar-refractivity contribution in [2.75, 3.05) is 18.0 Å². The number of fused-ring (bicyclic) bond motifs is 6. The summed E-state index contributed by atoms with van der Waals surface area (Å²) in [7, 11) is 1.63. The predicted molar refractivity (Wildman–Crippen MR) is 196 cm³/mol. The van der Waals surface area contributed by atoms with E-state index in [1.807, 2.05) is 52.5 Å². The van der Waals surface area contributed by atoms with Gasteiger partial charge in [0, 0.05) is 54.3 Å². The Bertz CT molecular complexity index is 2350. The van der Waals surface area contributed by atoms with Crippen molar-refractivity contribution in [3.05, 3.63) is 91.4 Å². The van der Waals surface area contributed by atoms with Crippen LogP contribution in [0.2, 0.25) is 5.02 Å². The first kappa shape index (κ1) is 33.7. The molecule has 0 bridgehead atoms. The first-order valence-corrected chi connectivity index (χ1v) is 17.5. The SMILES string of the molecule is C=CC(=O)N1CC2CCc3c(c4cc(Cl)c(-c5c(C)ccc6[nH]c(=O)n(C)c56)c(F)c4n(-c4c(C(C)C)ncnc4C(C)C)c3=O)N2CC1C. The van der Waals surface area contributed by atoms with E-state index in [9.17, 15) is 9.59 Å². The molecule has 5 aromatic rings. The molecule has 2 unspecified atom stereocenters. The summed E-state index contributed by atoms with van der Waals surface area (Å²) in [5.41, 5.74) is 4.66. The van der Waals surface area contributed by atoms with Crippen molar-refractivity contribution >= 4 is 45.1 Å². The molecule has 2 aliphatic heterocycles. The van der Waals surface area contributed by atoms with Gasteiger partial charge in [-0.15, -0.1) is 0 Å². The van der Waals surface area contributed by atoms with Gasteiger partial charge < -0.3 is 14.8 Å². The van der Waals surface area contributed by atoms with Gasteiger partial charge >= 0.3 is 5.69 Å². The minimum Gasteiger partial charge on any atom is -0.364 e. The standard InChI is InChI=1S/C38H41ClFN7O3/c1-9-27(48)45-16-22-11-12-23-33(46(22)15-21(45)7)24-14-25(39)29(28-20(6)10-13-26-35(28)44(8)38(50)43-26)30(40)34(24)47(37(23)49)36-31(18(2)3)41-17-42-32(36)19(4)5/h9-10,13-14,17-19,21-22H,1,11-12,15-16H2,2-8H3,(H,43,50). The molecular weight excluding hydrogens is 657 g/mol. The number of piperazine rings is 1. The number of H-pyrrole nitrogens is 1. The smallest absolute Gasteiger partial charge is 0.326 e. The van der Waals surface area contributed by atoms with Gasteiger partial charge in [0.1, 0.15) is 6.33 Å². The molecule has 2 atom stereocenters. The third-order valence-electron chi connectivity index (χ3n) is 10.4. The molecule has 3 aromatic heterocycles. The highest BCUT2D eigenvalue weighted by atomic mass is 35.5. The maximum absolute atomic E-state index is 18.1. The molecule has 0 radical (unpaired) electrons. The molecule has 12 heteroatoms. The van der Waals surface area contributed by atoms with Crippen molar-refractivity contribution in [2.24, 2.45) is 7.05 Å². The second-order valence-electron chi connectivity index (χ2n) is 14.2. The van der Waals surface area contributed by atoms with Crippen LogP contribution in [0, 0.1) is 12.7 Å². The first-order chi connectivity index (χ1) is 23.8. The zero-order chi connectivity index (χ0) is 35.9. The second-order valence-corrected chi connectivity index (χ2v) is 14.7. The highest BCUT2D eigenvalue weighted by molar-refractivity contribution is 6.35. The Labute approximate surface area is 294 Å². The summed E-state index contributed by atoms with van der Waals surface area (Å²) in [6.45, 7) is 16.4. The molecule has 2 aromatic carbocycles. The molecule has 260 valence electrons. The van der Waals surface area contributed by atoms with Crippen LogP contribution in [0.3, 0.4) is 0 Å². The molecule has 1 fully saturated rings. The molecule has 5 heterocycles. The Morgan fingerprint density at radius 1 is 1.06 bits per heavy atom. The van der Waals surface area contributed by atoms with Crippen LogP contribution in [-0.2, 0) is 18.3 Å². The number of benzene rings is 2. The quantitative estimate of drug-likeness (QED) is 0.210. The van der Waals surface area contributed by atoms with Crippen LogP contribution in [-0.4, -0.2) is 60.1 Å². The fourth-order valence-electron chi connectivity index (χ4n) is 8.04. The van der Waals surface area contributed by atoms with Gasteiger partial charge in [0.25, 0.3) is 5.56 Å². The predicted octanol–water partition coefficient (Wildman–Crippen LogP) is 6.51. The Kier molecular flexibility index (Phi) is 8.24. The lowest BCUT2D eigenvalue weighted by atomic mass is 9.89. The summed E-state index contributed by atoms with van der Waals surface area (Å²) in [5, 5.41) is 0.645. The normalized spacial score (nSPS) is 17.6. The van der Waals surface area contributed by atoms with Crippen molar-refractivity contribution in [1.29, 1.82) is 0 Å².